The van der Waals surface area contributed by atoms with Crippen LogP contribution in [0.2, 0.25) is 0 Å². The molecular weight excluding hydrogens is 473 g/mol. The van der Waals surface area contributed by atoms with E-state index >= 15 is 0 Å². The van der Waals surface area contributed by atoms with Crippen molar-refractivity contribution in [1.82, 2.24) is 5.12 Å². The predicted octanol–water partition coefficient (Wildman–Crippen LogP) is 7.56. The standard InChI is InChI=1S/C24H38O4.C6H12FNO/c1-3-5-7-9-11-15-19-27-23(25)21-17-13-14-18-22(21)24(26)28-20-16-12-10-8-6-4-2;1-9-5-6-2-3-8(7)4-6/h13-14,17-18H,3-12,15-16,19-20H2,1-2H3;6H,2-5H2,1H3. The second-order valence-electron chi connectivity index (χ2n) is 9.83. The van der Waals surface area contributed by atoms with Gasteiger partial charge in [0.25, 0.3) is 0 Å². The highest BCUT2D eigenvalue weighted by atomic mass is 19.2. The number of benzene rings is 1. The van der Waals surface area contributed by atoms with Crippen LogP contribution in [0.4, 0.5) is 4.48 Å². The van der Waals surface area contributed by atoms with Crippen LogP contribution in [0.3, 0.4) is 0 Å². The zero-order valence-electron chi connectivity index (χ0n) is 23.5. The van der Waals surface area contributed by atoms with Crippen molar-refractivity contribution in [3.05, 3.63) is 35.4 Å². The molecule has 1 atom stereocenters. The highest BCUT2D eigenvalue weighted by Gasteiger charge is 2.21. The highest BCUT2D eigenvalue weighted by Crippen LogP contribution is 2.16. The largest absolute Gasteiger partial charge is 0.462 e. The van der Waals surface area contributed by atoms with Crippen LogP contribution in [0.1, 0.15) is 118 Å². The van der Waals surface area contributed by atoms with Gasteiger partial charge in [0.1, 0.15) is 0 Å². The van der Waals surface area contributed by atoms with E-state index in [9.17, 15) is 14.1 Å². The van der Waals surface area contributed by atoms with Gasteiger partial charge >= 0.3 is 11.9 Å². The van der Waals surface area contributed by atoms with Gasteiger partial charge in [-0.2, -0.15) is 0 Å². The third-order valence-corrected chi connectivity index (χ3v) is 6.47. The van der Waals surface area contributed by atoms with E-state index in [4.69, 9.17) is 14.2 Å². The lowest BCUT2D eigenvalue weighted by atomic mass is 10.1. The van der Waals surface area contributed by atoms with Gasteiger partial charge in [-0.05, 0) is 37.3 Å². The molecular formula is C30H50FNO5. The molecule has 1 aliphatic rings. The van der Waals surface area contributed by atoms with E-state index in [-0.39, 0.29) is 0 Å². The minimum Gasteiger partial charge on any atom is -0.462 e. The number of carbonyl (C=O) groups is 2. The molecule has 1 aromatic rings. The van der Waals surface area contributed by atoms with Crippen molar-refractivity contribution in [2.75, 3.05) is 40.0 Å². The highest BCUT2D eigenvalue weighted by molar-refractivity contribution is 6.03. The van der Waals surface area contributed by atoms with Gasteiger partial charge in [0.05, 0.1) is 30.9 Å². The molecule has 0 N–H and O–H groups in total. The summed E-state index contributed by atoms with van der Waals surface area (Å²) in [4.78, 5) is 24.7. The van der Waals surface area contributed by atoms with E-state index in [0.717, 1.165) is 37.2 Å². The molecule has 1 aromatic carbocycles. The fourth-order valence-corrected chi connectivity index (χ4v) is 4.25. The van der Waals surface area contributed by atoms with E-state index in [2.05, 4.69) is 13.8 Å². The summed E-state index contributed by atoms with van der Waals surface area (Å²) >= 11 is 0. The van der Waals surface area contributed by atoms with Gasteiger partial charge in [-0.25, -0.2) is 9.59 Å². The van der Waals surface area contributed by atoms with Gasteiger partial charge in [-0.1, -0.05) is 90.2 Å². The van der Waals surface area contributed by atoms with Gasteiger partial charge in [-0.3, -0.25) is 0 Å². The zero-order chi connectivity index (χ0) is 27.1. The molecule has 0 spiro atoms. The number of hydrogen-bond donors (Lipinski definition) is 0. The van der Waals surface area contributed by atoms with Crippen LogP contribution < -0.4 is 0 Å². The number of ether oxygens (including phenoxy) is 3. The Kier molecular flexibility index (Phi) is 19.7. The number of rotatable bonds is 18. The maximum Gasteiger partial charge on any atom is 0.339 e. The molecule has 0 bridgehead atoms. The maximum absolute atomic E-state index is 12.4. The Morgan fingerprint density at radius 1 is 0.811 bits per heavy atom. The number of halogens is 1. The summed E-state index contributed by atoms with van der Waals surface area (Å²) in [5, 5.41) is 0.851. The van der Waals surface area contributed by atoms with Crippen LogP contribution >= 0.6 is 0 Å². The first-order valence-corrected chi connectivity index (χ1v) is 14.4. The van der Waals surface area contributed by atoms with Gasteiger partial charge in [0.2, 0.25) is 0 Å². The molecule has 1 saturated heterocycles. The second-order valence-corrected chi connectivity index (χ2v) is 9.83. The van der Waals surface area contributed by atoms with E-state index in [0.29, 0.717) is 50.0 Å². The number of carbonyl (C=O) groups excluding carboxylic acids is 2. The van der Waals surface area contributed by atoms with Crippen LogP contribution in [0.5, 0.6) is 0 Å². The summed E-state index contributed by atoms with van der Waals surface area (Å²) in [7, 11) is 1.65. The third kappa shape index (κ3) is 15.8. The van der Waals surface area contributed by atoms with Gasteiger partial charge in [0.15, 0.2) is 0 Å². The maximum atomic E-state index is 12.4. The number of nitrogens with zero attached hydrogens (tertiary/aromatic N) is 1. The molecule has 6 nitrogen and oxygen atoms in total. The molecule has 0 saturated carbocycles. The van der Waals surface area contributed by atoms with Crippen molar-refractivity contribution >= 4 is 11.9 Å². The van der Waals surface area contributed by atoms with E-state index in [1.54, 1.807) is 31.4 Å². The summed E-state index contributed by atoms with van der Waals surface area (Å²) in [6.45, 7) is 7.00. The summed E-state index contributed by atoms with van der Waals surface area (Å²) in [5.41, 5.74) is 0.586. The van der Waals surface area contributed by atoms with Crippen LogP contribution in [0.15, 0.2) is 24.3 Å². The molecule has 37 heavy (non-hydrogen) atoms. The fraction of sp³-hybridized carbons (Fsp3) is 0.733. The minimum atomic E-state index is -0.444. The van der Waals surface area contributed by atoms with Gasteiger partial charge in [-0.15, -0.1) is 9.60 Å². The molecule has 0 aliphatic carbocycles. The minimum absolute atomic E-state index is 0.293. The molecule has 2 rings (SSSR count). The predicted molar refractivity (Wildman–Crippen MR) is 146 cm³/mol. The number of hydrogen-bond acceptors (Lipinski definition) is 6. The van der Waals surface area contributed by atoms with Crippen LogP contribution in [-0.4, -0.2) is 57.1 Å². The Morgan fingerprint density at radius 3 is 1.68 bits per heavy atom. The Morgan fingerprint density at radius 2 is 1.27 bits per heavy atom. The average Bonchev–Trinajstić information content (AvgIpc) is 3.32. The first-order chi connectivity index (χ1) is 18.0. The molecule has 212 valence electrons. The summed E-state index contributed by atoms with van der Waals surface area (Å²) in [6.07, 6.45) is 14.6. The van der Waals surface area contributed by atoms with E-state index in [1.807, 2.05) is 0 Å². The van der Waals surface area contributed by atoms with Crippen molar-refractivity contribution in [2.45, 2.75) is 97.3 Å². The Labute approximate surface area is 224 Å². The Hall–Kier alpha value is -1.99. The lowest BCUT2D eigenvalue weighted by Gasteiger charge is -2.10. The van der Waals surface area contributed by atoms with Crippen molar-refractivity contribution in [3.63, 3.8) is 0 Å². The topological polar surface area (TPSA) is 65.1 Å². The third-order valence-electron chi connectivity index (χ3n) is 6.47. The normalized spacial score (nSPS) is 15.2. The molecule has 0 aromatic heterocycles. The summed E-state index contributed by atoms with van der Waals surface area (Å²) < 4.78 is 27.9. The first kappa shape index (κ1) is 33.0. The lowest BCUT2D eigenvalue weighted by Crippen LogP contribution is -2.15. The van der Waals surface area contributed by atoms with Gasteiger partial charge < -0.3 is 14.2 Å². The fourth-order valence-electron chi connectivity index (χ4n) is 4.25. The molecule has 0 radical (unpaired) electrons. The second kappa shape index (κ2) is 22.0. The van der Waals surface area contributed by atoms with Crippen molar-refractivity contribution in [3.8, 4) is 0 Å². The molecule has 1 fully saturated rings. The lowest BCUT2D eigenvalue weighted by molar-refractivity contribution is 0.0449. The quantitative estimate of drug-likeness (QED) is 0.112. The number of unbranched alkanes of at least 4 members (excludes halogenated alkanes) is 10. The Balaban J connectivity index is 0.000000635. The van der Waals surface area contributed by atoms with Crippen LogP contribution in [-0.2, 0) is 14.2 Å². The van der Waals surface area contributed by atoms with Gasteiger partial charge in [0, 0.05) is 20.2 Å². The molecule has 1 aliphatic heterocycles. The Bertz CT molecular complexity index is 679. The van der Waals surface area contributed by atoms with E-state index in [1.165, 1.54) is 51.4 Å². The summed E-state index contributed by atoms with van der Waals surface area (Å²) in [6, 6.07) is 6.74. The van der Waals surface area contributed by atoms with Crippen LogP contribution in [0, 0.1) is 5.92 Å². The summed E-state index contributed by atoms with van der Waals surface area (Å²) in [5.74, 6) is -0.471. The molecule has 1 heterocycles. The molecule has 0 amide bonds. The molecule has 7 heteroatoms. The number of esters is 2. The SMILES string of the molecule is CCCCCCCCOC(=O)c1ccccc1C(=O)OCCCCCCCC.COCC1CCN(F)C1. The van der Waals surface area contributed by atoms with Crippen molar-refractivity contribution in [1.29, 1.82) is 0 Å². The number of methoxy groups -OCH3 is 1. The van der Waals surface area contributed by atoms with E-state index < -0.39 is 11.9 Å². The molecule has 1 unspecified atom stereocenters. The smallest absolute Gasteiger partial charge is 0.339 e. The average molecular weight is 524 g/mol. The zero-order valence-corrected chi connectivity index (χ0v) is 23.5. The first-order valence-electron chi connectivity index (χ1n) is 14.4. The monoisotopic (exact) mass is 523 g/mol. The van der Waals surface area contributed by atoms with Crippen molar-refractivity contribution in [2.24, 2.45) is 5.92 Å². The van der Waals surface area contributed by atoms with Crippen molar-refractivity contribution < 1.29 is 28.3 Å². The van der Waals surface area contributed by atoms with Crippen LogP contribution in [0.25, 0.3) is 0 Å².